The molecule has 10 aromatic rings. The smallest absolute Gasteiger partial charge is 0.322 e. The summed E-state index contributed by atoms with van der Waals surface area (Å²) in [4.78, 5) is 81.1. The highest BCUT2D eigenvalue weighted by molar-refractivity contribution is 9.10. The van der Waals surface area contributed by atoms with Crippen LogP contribution < -0.4 is 30.7 Å². The van der Waals surface area contributed by atoms with Gasteiger partial charge in [-0.15, -0.1) is 0 Å². The fourth-order valence-electron chi connectivity index (χ4n) is 15.4. The molecule has 14 rings (SSSR count). The first-order valence-corrected chi connectivity index (χ1v) is 42.8. The molecule has 0 aliphatic carbocycles. The molecule has 0 saturated carbocycles. The number of methoxy groups -OCH3 is 1. The Hall–Kier alpha value is -10.9. The van der Waals surface area contributed by atoms with Crippen LogP contribution in [0, 0.1) is 27.7 Å². The number of benzene rings is 6. The van der Waals surface area contributed by atoms with Crippen LogP contribution in [-0.4, -0.2) is 159 Å². The number of carbonyl (C=O) groups is 5. The number of hydrogen-bond donors (Lipinski definition) is 4. The average molecular weight is 1800 g/mol. The van der Waals surface area contributed by atoms with E-state index >= 15 is 0 Å². The SMILES string of the molecule is C.C.C.C.C=C(C)N1CCC(N(Cc2ccc(C)o2)C(=O)Nc2ccccc2OCC)CC1.CC(=O)N1CCC(N(Cc2ccc(C)o2)C(=O)Nc2cc(Cl)ccc2Cl)CC1.COc1ccccc1NC(=O)N(Cc1ccc(C)o1)C1CCN(Cc2ccccc2)CC1.Cc1ccc(CN(C(=O)Nc2ccccc2Br)C2CCN(Cc3ccccc3)CC2)o1. The van der Waals surface area contributed by atoms with Crippen molar-refractivity contribution in [3.63, 3.8) is 0 Å². The number of allylic oxidation sites excluding steroid dienone is 1. The average Bonchev–Trinajstić information content (AvgIpc) is 1.33. The Kier molecular flexibility index (Phi) is 40.5. The predicted molar refractivity (Wildman–Crippen MR) is 504 cm³/mol. The third-order valence-corrected chi connectivity index (χ3v) is 23.1. The number of ether oxygens (including phenoxy) is 2. The molecule has 9 amide bonds. The summed E-state index contributed by atoms with van der Waals surface area (Å²) in [5.41, 5.74) is 6.31. The molecule has 4 aliphatic rings. The lowest BCUT2D eigenvalue weighted by Gasteiger charge is -2.39. The van der Waals surface area contributed by atoms with E-state index in [0.29, 0.717) is 103 Å². The molecule has 0 unspecified atom stereocenters. The maximum absolute atomic E-state index is 13.4. The van der Waals surface area contributed by atoms with Crippen molar-refractivity contribution >= 4 is 91.9 Å². The molecule has 23 nitrogen and oxygen atoms in total. The largest absolute Gasteiger partial charge is 0.495 e. The minimum atomic E-state index is -0.278. The summed E-state index contributed by atoms with van der Waals surface area (Å²) in [5, 5.41) is 12.9. The van der Waals surface area contributed by atoms with Gasteiger partial charge in [0.05, 0.1) is 67.7 Å². The number of anilines is 4. The van der Waals surface area contributed by atoms with Crippen LogP contribution in [0.2, 0.25) is 10.0 Å². The Labute approximate surface area is 753 Å². The van der Waals surface area contributed by atoms with Crippen molar-refractivity contribution in [2.75, 3.05) is 87.3 Å². The molecule has 0 spiro atoms. The van der Waals surface area contributed by atoms with Gasteiger partial charge >= 0.3 is 24.1 Å². The number of likely N-dealkylation sites (tertiary alicyclic amines) is 4. The predicted octanol–water partition coefficient (Wildman–Crippen LogP) is 23.8. The van der Waals surface area contributed by atoms with Crippen LogP contribution >= 0.6 is 39.1 Å². The molecule has 4 N–H and O–H groups in total. The molecule has 6 aromatic carbocycles. The van der Waals surface area contributed by atoms with Gasteiger partial charge in [-0.1, -0.05) is 157 Å². The van der Waals surface area contributed by atoms with Gasteiger partial charge in [-0.3, -0.25) is 14.6 Å². The Balaban J connectivity index is 0.000000225. The summed E-state index contributed by atoms with van der Waals surface area (Å²) >= 11 is 15.7. The van der Waals surface area contributed by atoms with Crippen molar-refractivity contribution < 1.29 is 51.1 Å². The van der Waals surface area contributed by atoms with Gasteiger partial charge in [0.1, 0.15) is 57.6 Å². The fraction of sp³-hybridized carbons (Fsp3) is 0.398. The van der Waals surface area contributed by atoms with Crippen molar-refractivity contribution in [1.29, 1.82) is 0 Å². The van der Waals surface area contributed by atoms with Crippen LogP contribution in [0.25, 0.3) is 0 Å². The quantitative estimate of drug-likeness (QED) is 0.0441. The van der Waals surface area contributed by atoms with Gasteiger partial charge in [0.25, 0.3) is 0 Å². The number of halogens is 3. The molecule has 0 atom stereocenters. The molecular weight excluding hydrogens is 1670 g/mol. The van der Waals surface area contributed by atoms with E-state index < -0.39 is 0 Å². The highest BCUT2D eigenvalue weighted by Gasteiger charge is 2.35. The van der Waals surface area contributed by atoms with Crippen molar-refractivity contribution in [1.82, 2.24) is 39.2 Å². The van der Waals surface area contributed by atoms with Crippen LogP contribution in [0.15, 0.2) is 235 Å². The van der Waals surface area contributed by atoms with E-state index in [-0.39, 0.29) is 83.9 Å². The van der Waals surface area contributed by atoms with E-state index in [1.165, 1.54) is 11.1 Å². The maximum Gasteiger partial charge on any atom is 0.322 e. The molecule has 4 aromatic heterocycles. The zero-order chi connectivity index (χ0) is 85.0. The van der Waals surface area contributed by atoms with Crippen molar-refractivity contribution in [3.8, 4) is 11.5 Å². The van der Waals surface area contributed by atoms with Gasteiger partial charge in [-0.25, -0.2) is 19.2 Å². The van der Waals surface area contributed by atoms with Crippen molar-refractivity contribution in [3.05, 3.63) is 284 Å². The third-order valence-electron chi connectivity index (χ3n) is 21.9. The van der Waals surface area contributed by atoms with Gasteiger partial charge in [0, 0.05) is 112 Å². The molecule has 668 valence electrons. The Morgan fingerprint density at radius 1 is 0.419 bits per heavy atom. The van der Waals surface area contributed by atoms with Crippen LogP contribution in [0.4, 0.5) is 41.9 Å². The second kappa shape index (κ2) is 50.2. The molecule has 8 heterocycles. The number of piperidine rings is 4. The minimum Gasteiger partial charge on any atom is -0.495 e. The van der Waals surface area contributed by atoms with Crippen LogP contribution in [0.5, 0.6) is 11.5 Å². The van der Waals surface area contributed by atoms with E-state index in [0.717, 1.165) is 147 Å². The lowest BCUT2D eigenvalue weighted by atomic mass is 10.0. The minimum absolute atomic E-state index is 0. The number of para-hydroxylation sites is 5. The Bertz CT molecular complexity index is 4930. The zero-order valence-corrected chi connectivity index (χ0v) is 73.1. The third kappa shape index (κ3) is 29.9. The second-order valence-electron chi connectivity index (χ2n) is 30.7. The monoisotopic (exact) mass is 1800 g/mol. The first-order valence-electron chi connectivity index (χ1n) is 41.3. The number of furan rings is 4. The maximum atomic E-state index is 13.4. The fourth-order valence-corrected chi connectivity index (χ4v) is 16.2. The van der Waals surface area contributed by atoms with E-state index in [4.69, 9.17) is 50.3 Å². The molecule has 124 heavy (non-hydrogen) atoms. The Morgan fingerprint density at radius 2 is 0.742 bits per heavy atom. The van der Waals surface area contributed by atoms with Crippen LogP contribution in [-0.2, 0) is 44.1 Å². The number of rotatable bonds is 24. The summed E-state index contributed by atoms with van der Waals surface area (Å²) < 4.78 is 34.9. The lowest BCUT2D eigenvalue weighted by Crippen LogP contribution is -2.49. The number of carbonyl (C=O) groups excluding carboxylic acids is 5. The second-order valence-corrected chi connectivity index (χ2v) is 32.4. The van der Waals surface area contributed by atoms with Crippen LogP contribution in [0.3, 0.4) is 0 Å². The van der Waals surface area contributed by atoms with Crippen molar-refractivity contribution in [2.45, 2.75) is 193 Å². The molecule has 0 bridgehead atoms. The molecule has 26 heteroatoms. The summed E-state index contributed by atoms with van der Waals surface area (Å²) in [6.07, 6.45) is 6.93. The lowest BCUT2D eigenvalue weighted by molar-refractivity contribution is -0.130. The first kappa shape index (κ1) is 100. The number of aryl methyl sites for hydroxylation is 4. The van der Waals surface area contributed by atoms with Gasteiger partial charge in [-0.2, -0.15) is 0 Å². The standard InChI is InChI=1S/C26H31N3O3.C25H28BrN3O2.C23H31N3O3.C20H23Cl2N3O3.4CH4/c1-20-12-13-23(32-20)19-29(26(30)27-24-10-6-7-11-25(24)31-2)22-14-16-28(17-15-22)18-21-8-4-3-5-9-21;1-19-11-12-22(31-19)18-29(25(30)27-24-10-6-5-9-23(24)26)21-13-15-28(16-14-21)17-20-7-3-2-4-8-20;1-5-28-22-9-7-6-8-21(22)24-23(27)26(16-20-11-10-18(4)29-20)19-12-14-25(15-13-19)17(2)3;1-13-3-5-17(28-13)12-25(16-7-9-24(10-8-16)14(2)26)20(27)23-19-11-15(21)4-6-18(19)22;;;;/h3-13,22H,14-19H2,1-2H3,(H,27,30);2-12,21H,13-18H2,1H3,(H,27,30);6-11,19H,2,5,12-16H2,1,3-4H3,(H,24,27);3-6,11,16H,7-10,12H2,1-2H3,(H,23,27);4*1H4. The number of amides is 9. The molecule has 4 fully saturated rings. The van der Waals surface area contributed by atoms with Gasteiger partial charge < -0.3 is 77.8 Å². The van der Waals surface area contributed by atoms with Crippen molar-refractivity contribution in [2.24, 2.45) is 0 Å². The molecule has 4 saturated heterocycles. The van der Waals surface area contributed by atoms with Crippen LogP contribution in [0.1, 0.15) is 159 Å². The van der Waals surface area contributed by atoms with E-state index in [1.54, 1.807) is 42.0 Å². The number of nitrogens with zero attached hydrogens (tertiary/aromatic N) is 8. The van der Waals surface area contributed by atoms with E-state index in [2.05, 4.69) is 107 Å². The molecular formula is C98H129BrCl2N12O11. The molecule has 0 radical (unpaired) electrons. The summed E-state index contributed by atoms with van der Waals surface area (Å²) in [5.74, 6) is 7.83. The van der Waals surface area contributed by atoms with E-state index in [9.17, 15) is 24.0 Å². The zero-order valence-electron chi connectivity index (χ0n) is 70.0. The first-order chi connectivity index (χ1) is 58.0. The number of hydrogen-bond acceptors (Lipinski definition) is 14. The van der Waals surface area contributed by atoms with Gasteiger partial charge in [0.2, 0.25) is 5.91 Å². The summed E-state index contributed by atoms with van der Waals surface area (Å²) in [6.45, 7) is 28.2. The van der Waals surface area contributed by atoms with Gasteiger partial charge in [-0.05, 0) is 223 Å². The normalized spacial score (nSPS) is 14.3. The topological polar surface area (TPSA) is 230 Å². The van der Waals surface area contributed by atoms with E-state index in [1.807, 2.05) is 190 Å². The highest BCUT2D eigenvalue weighted by atomic mass is 79.9. The Morgan fingerprint density at radius 3 is 1.09 bits per heavy atom. The number of nitrogens with one attached hydrogen (secondary N) is 4. The summed E-state index contributed by atoms with van der Waals surface area (Å²) in [6, 6.07) is 63.9. The molecule has 4 aliphatic heterocycles. The summed E-state index contributed by atoms with van der Waals surface area (Å²) in [7, 11) is 1.61. The highest BCUT2D eigenvalue weighted by Crippen LogP contribution is 2.33. The van der Waals surface area contributed by atoms with Gasteiger partial charge in [0.15, 0.2) is 0 Å². The number of urea groups is 4.